The van der Waals surface area contributed by atoms with Gasteiger partial charge in [-0.3, -0.25) is 15.0 Å². The summed E-state index contributed by atoms with van der Waals surface area (Å²) in [4.78, 5) is 28.7. The van der Waals surface area contributed by atoms with E-state index in [1.807, 2.05) is 71.6 Å². The number of amidine groups is 1. The lowest BCUT2D eigenvalue weighted by atomic mass is 9.87. The first-order valence-corrected chi connectivity index (χ1v) is 15.0. The van der Waals surface area contributed by atoms with Gasteiger partial charge in [0.2, 0.25) is 5.91 Å². The molecule has 3 aromatic rings. The van der Waals surface area contributed by atoms with Gasteiger partial charge in [-0.1, -0.05) is 92.9 Å². The minimum Gasteiger partial charge on any atom is -0.491 e. The molecule has 1 heterocycles. The number of esters is 1. The molecule has 1 aliphatic rings. The standard InChI is InChI=1S/C35H43N3O4/c1-3-4-5-9-23-41-34(40)35(2)24-30(38(33(35)39)22-10-13-26-11-7-6-8-12-26)25-42-31-20-18-28(19-21-31)27-14-16-29(17-15-27)32(36)37/h6-8,11-12,14-21,30H,3-5,9-10,13,22-25H2,1-2H3,(H3,36,37)/t30-,35-/m0/s1. The number of carbonyl (C=O) groups is 2. The number of carbonyl (C=O) groups excluding carboxylic acids is 2. The number of amides is 1. The molecule has 7 nitrogen and oxygen atoms in total. The highest BCUT2D eigenvalue weighted by Crippen LogP contribution is 2.38. The average molecular weight is 570 g/mol. The van der Waals surface area contributed by atoms with E-state index in [0.29, 0.717) is 37.5 Å². The largest absolute Gasteiger partial charge is 0.491 e. The Morgan fingerprint density at radius 2 is 1.62 bits per heavy atom. The lowest BCUT2D eigenvalue weighted by Gasteiger charge is -2.25. The molecule has 1 fully saturated rings. The van der Waals surface area contributed by atoms with Crippen LogP contribution in [0.4, 0.5) is 0 Å². The van der Waals surface area contributed by atoms with Crippen LogP contribution in [0.15, 0.2) is 78.9 Å². The number of hydrogen-bond acceptors (Lipinski definition) is 5. The van der Waals surface area contributed by atoms with Gasteiger partial charge in [0.15, 0.2) is 0 Å². The maximum Gasteiger partial charge on any atom is 0.321 e. The van der Waals surface area contributed by atoms with Crippen molar-refractivity contribution in [2.24, 2.45) is 11.1 Å². The summed E-state index contributed by atoms with van der Waals surface area (Å²) < 4.78 is 11.8. The summed E-state index contributed by atoms with van der Waals surface area (Å²) in [7, 11) is 0. The third-order valence-corrected chi connectivity index (χ3v) is 8.03. The monoisotopic (exact) mass is 569 g/mol. The molecule has 0 spiro atoms. The molecule has 1 aliphatic heterocycles. The van der Waals surface area contributed by atoms with Crippen molar-refractivity contribution in [2.75, 3.05) is 19.8 Å². The smallest absolute Gasteiger partial charge is 0.321 e. The molecule has 4 rings (SSSR count). The van der Waals surface area contributed by atoms with Crippen LogP contribution in [0.5, 0.6) is 5.75 Å². The summed E-state index contributed by atoms with van der Waals surface area (Å²) in [6.45, 7) is 5.06. The number of likely N-dealkylation sites (tertiary alicyclic amines) is 1. The van der Waals surface area contributed by atoms with Crippen molar-refractivity contribution in [1.29, 1.82) is 5.41 Å². The molecule has 42 heavy (non-hydrogen) atoms. The van der Waals surface area contributed by atoms with Crippen LogP contribution in [0, 0.1) is 10.8 Å². The Balaban J connectivity index is 1.41. The molecule has 1 amide bonds. The molecular weight excluding hydrogens is 526 g/mol. The number of hydrogen-bond donors (Lipinski definition) is 2. The van der Waals surface area contributed by atoms with Crippen molar-refractivity contribution in [2.45, 2.75) is 64.8 Å². The maximum absolute atomic E-state index is 13.7. The molecule has 0 saturated carbocycles. The van der Waals surface area contributed by atoms with Crippen molar-refractivity contribution < 1.29 is 19.1 Å². The van der Waals surface area contributed by atoms with Crippen LogP contribution >= 0.6 is 0 Å². The van der Waals surface area contributed by atoms with Crippen molar-refractivity contribution in [1.82, 2.24) is 4.90 Å². The third kappa shape index (κ3) is 7.78. The van der Waals surface area contributed by atoms with Gasteiger partial charge in [0.05, 0.1) is 12.6 Å². The van der Waals surface area contributed by atoms with E-state index in [1.165, 1.54) is 5.56 Å². The quantitative estimate of drug-likeness (QED) is 0.0726. The van der Waals surface area contributed by atoms with Crippen LogP contribution < -0.4 is 10.5 Å². The zero-order valence-corrected chi connectivity index (χ0v) is 24.8. The van der Waals surface area contributed by atoms with E-state index >= 15 is 0 Å². The molecule has 7 heteroatoms. The van der Waals surface area contributed by atoms with Gasteiger partial charge in [0, 0.05) is 12.1 Å². The Hall–Kier alpha value is -4.13. The second-order valence-electron chi connectivity index (χ2n) is 11.3. The van der Waals surface area contributed by atoms with E-state index < -0.39 is 11.4 Å². The fraction of sp³-hybridized carbons (Fsp3) is 0.400. The number of aryl methyl sites for hydroxylation is 1. The number of ether oxygens (including phenoxy) is 2. The molecule has 0 aliphatic carbocycles. The highest BCUT2D eigenvalue weighted by atomic mass is 16.5. The highest BCUT2D eigenvalue weighted by molar-refractivity contribution is 6.04. The fourth-order valence-electron chi connectivity index (χ4n) is 5.48. The molecule has 2 atom stereocenters. The normalized spacial score (nSPS) is 18.2. The molecule has 1 saturated heterocycles. The van der Waals surface area contributed by atoms with Crippen LogP contribution in [0.1, 0.15) is 63.5 Å². The van der Waals surface area contributed by atoms with Crippen LogP contribution in [0.25, 0.3) is 11.1 Å². The van der Waals surface area contributed by atoms with E-state index in [2.05, 4.69) is 19.1 Å². The van der Waals surface area contributed by atoms with Crippen molar-refractivity contribution in [3.8, 4) is 16.9 Å². The summed E-state index contributed by atoms with van der Waals surface area (Å²) in [6, 6.07) is 25.3. The van der Waals surface area contributed by atoms with Gasteiger partial charge in [0.25, 0.3) is 0 Å². The molecular formula is C35H43N3O4. The number of rotatable bonds is 15. The Kier molecular flexibility index (Phi) is 10.8. The van der Waals surface area contributed by atoms with Gasteiger partial charge < -0.3 is 20.1 Å². The van der Waals surface area contributed by atoms with E-state index in [-0.39, 0.29) is 17.8 Å². The first-order valence-electron chi connectivity index (χ1n) is 15.0. The summed E-state index contributed by atoms with van der Waals surface area (Å²) >= 11 is 0. The van der Waals surface area contributed by atoms with Gasteiger partial charge in [-0.15, -0.1) is 0 Å². The van der Waals surface area contributed by atoms with Crippen molar-refractivity contribution in [3.05, 3.63) is 90.0 Å². The van der Waals surface area contributed by atoms with Gasteiger partial charge in [-0.2, -0.15) is 0 Å². The Morgan fingerprint density at radius 1 is 0.952 bits per heavy atom. The van der Waals surface area contributed by atoms with Gasteiger partial charge >= 0.3 is 5.97 Å². The number of nitrogen functional groups attached to an aromatic ring is 1. The van der Waals surface area contributed by atoms with Crippen LogP contribution in [0.2, 0.25) is 0 Å². The highest BCUT2D eigenvalue weighted by Gasteiger charge is 2.54. The van der Waals surface area contributed by atoms with E-state index in [4.69, 9.17) is 20.6 Å². The number of nitrogens with two attached hydrogens (primary N) is 1. The second kappa shape index (κ2) is 14.7. The fourth-order valence-corrected chi connectivity index (χ4v) is 5.48. The molecule has 0 unspecified atom stereocenters. The number of benzene rings is 3. The molecule has 3 aromatic carbocycles. The minimum atomic E-state index is -1.21. The Labute approximate surface area is 249 Å². The molecule has 3 N–H and O–H groups in total. The average Bonchev–Trinajstić information content (AvgIpc) is 3.26. The number of nitrogens with zero attached hydrogens (tertiary/aromatic N) is 1. The van der Waals surface area contributed by atoms with Gasteiger partial charge in [-0.05, 0) is 61.4 Å². The van der Waals surface area contributed by atoms with Crippen molar-refractivity contribution in [3.63, 3.8) is 0 Å². The van der Waals surface area contributed by atoms with Gasteiger partial charge in [-0.25, -0.2) is 0 Å². The van der Waals surface area contributed by atoms with Crippen molar-refractivity contribution >= 4 is 17.7 Å². The number of unbranched alkanes of at least 4 members (excludes halogenated alkanes) is 3. The number of nitrogens with one attached hydrogen (secondary N) is 1. The molecule has 0 bridgehead atoms. The van der Waals surface area contributed by atoms with Crippen LogP contribution in [-0.2, 0) is 20.7 Å². The zero-order valence-electron chi connectivity index (χ0n) is 24.8. The van der Waals surface area contributed by atoms with E-state index in [1.54, 1.807) is 6.92 Å². The first kappa shape index (κ1) is 30.8. The Morgan fingerprint density at radius 3 is 2.26 bits per heavy atom. The molecule has 0 radical (unpaired) electrons. The lowest BCUT2D eigenvalue weighted by Crippen LogP contribution is -2.41. The minimum absolute atomic E-state index is 0.0427. The predicted octanol–water partition coefficient (Wildman–Crippen LogP) is 6.38. The van der Waals surface area contributed by atoms with E-state index in [0.717, 1.165) is 49.7 Å². The summed E-state index contributed by atoms with van der Waals surface area (Å²) in [5, 5.41) is 7.57. The summed E-state index contributed by atoms with van der Waals surface area (Å²) in [5.41, 5.74) is 8.30. The SMILES string of the molecule is CCCCCCOC(=O)[C@@]1(C)C[C@@H](COc2ccc(-c3ccc(C(=N)N)cc3)cc2)N(CCCc2ccccc2)C1=O. The second-order valence-corrected chi connectivity index (χ2v) is 11.3. The topological polar surface area (TPSA) is 106 Å². The van der Waals surface area contributed by atoms with E-state index in [9.17, 15) is 9.59 Å². The molecule has 222 valence electrons. The first-order chi connectivity index (χ1) is 20.3. The zero-order chi connectivity index (χ0) is 30.0. The predicted molar refractivity (Wildman–Crippen MR) is 166 cm³/mol. The van der Waals surface area contributed by atoms with Gasteiger partial charge in [0.1, 0.15) is 23.6 Å². The summed E-state index contributed by atoms with van der Waals surface area (Å²) in [6.07, 6.45) is 6.06. The third-order valence-electron chi connectivity index (χ3n) is 8.03. The molecule has 0 aromatic heterocycles. The summed E-state index contributed by atoms with van der Waals surface area (Å²) in [5.74, 6) is 0.135. The lowest BCUT2D eigenvalue weighted by molar-refractivity contribution is -0.160. The Bertz CT molecular complexity index is 1320. The maximum atomic E-state index is 13.7. The van der Waals surface area contributed by atoms with Crippen LogP contribution in [-0.4, -0.2) is 48.4 Å². The van der Waals surface area contributed by atoms with Crippen LogP contribution in [0.3, 0.4) is 0 Å².